The predicted molar refractivity (Wildman–Crippen MR) is 257 cm³/mol. The Morgan fingerprint density at radius 2 is 0.460 bits per heavy atom. The lowest BCUT2D eigenvalue weighted by Crippen LogP contribution is -1.93. The zero-order chi connectivity index (χ0) is 42.7. The Morgan fingerprint density at radius 1 is 0.222 bits per heavy atom. The summed E-state index contributed by atoms with van der Waals surface area (Å²) in [6.45, 7) is 0. The highest BCUT2D eigenvalue weighted by atomic mass is 35.5. The fourth-order valence-corrected chi connectivity index (χ4v) is 8.14. The van der Waals surface area contributed by atoms with E-state index in [0.29, 0.717) is 15.5 Å². The minimum absolute atomic E-state index is 0.444. The second-order valence-electron chi connectivity index (χ2n) is 14.8. The average molecular weight is 872 g/mol. The minimum atomic E-state index is 0.444. The second kappa shape index (κ2) is 17.6. The quantitative estimate of drug-likeness (QED) is 0.134. The van der Waals surface area contributed by atoms with Gasteiger partial charge in [0.05, 0.1) is 17.1 Å². The Kier molecular flexibility index (Phi) is 11.1. The van der Waals surface area contributed by atoms with Crippen molar-refractivity contribution in [2.24, 2.45) is 0 Å². The van der Waals surface area contributed by atoms with Crippen LogP contribution in [0.1, 0.15) is 0 Å². The van der Waals surface area contributed by atoms with Crippen molar-refractivity contribution in [3.05, 3.63) is 216 Å². The summed E-state index contributed by atoms with van der Waals surface area (Å²) in [4.78, 5) is 27.3. The molecule has 9 heteroatoms. The number of rotatable bonds is 9. The third kappa shape index (κ3) is 8.48. The fourth-order valence-electron chi connectivity index (χ4n) is 7.81. The van der Waals surface area contributed by atoms with Gasteiger partial charge >= 0.3 is 0 Å². The molecule has 0 amide bonds. The van der Waals surface area contributed by atoms with Gasteiger partial charge in [-0.1, -0.05) is 126 Å². The highest BCUT2D eigenvalue weighted by Gasteiger charge is 2.17. The van der Waals surface area contributed by atoms with Gasteiger partial charge in [-0.05, 0) is 123 Å². The molecule has 0 spiro atoms. The van der Waals surface area contributed by atoms with Gasteiger partial charge in [0.25, 0.3) is 0 Å². The molecule has 300 valence electrons. The van der Waals surface area contributed by atoms with Gasteiger partial charge in [0.1, 0.15) is 15.5 Å². The van der Waals surface area contributed by atoms with Gasteiger partial charge in [0, 0.05) is 70.6 Å². The molecule has 0 bridgehead atoms. The Morgan fingerprint density at radius 3 is 0.683 bits per heavy atom. The van der Waals surface area contributed by atoms with E-state index in [9.17, 15) is 0 Å². The maximum absolute atomic E-state index is 6.07. The molecule has 10 rings (SSSR count). The van der Waals surface area contributed by atoms with E-state index in [-0.39, 0.29) is 0 Å². The first kappa shape index (κ1) is 39.8. The summed E-state index contributed by atoms with van der Waals surface area (Å²) in [5, 5.41) is 1.33. The molecule has 0 unspecified atom stereocenters. The Balaban J connectivity index is 1.10. The van der Waals surface area contributed by atoms with Gasteiger partial charge in [-0.25, -0.2) is 15.0 Å². The maximum Gasteiger partial charge on any atom is 0.129 e. The van der Waals surface area contributed by atoms with Crippen LogP contribution in [-0.4, -0.2) is 29.9 Å². The summed E-state index contributed by atoms with van der Waals surface area (Å²) in [5.41, 5.74) is 17.7. The Labute approximate surface area is 379 Å². The molecule has 6 aromatic heterocycles. The number of aromatic nitrogens is 6. The van der Waals surface area contributed by atoms with E-state index in [1.165, 1.54) is 0 Å². The minimum Gasteiger partial charge on any atom is -0.256 e. The molecule has 0 saturated carbocycles. The van der Waals surface area contributed by atoms with Gasteiger partial charge in [-0.15, -0.1) is 0 Å². The summed E-state index contributed by atoms with van der Waals surface area (Å²) in [5.74, 6) is 0. The Hall–Kier alpha value is -7.35. The van der Waals surface area contributed by atoms with Gasteiger partial charge in [-0.2, -0.15) is 0 Å². The molecule has 0 N–H and O–H groups in total. The lowest BCUT2D eigenvalue weighted by molar-refractivity contribution is 1.28. The molecule has 0 saturated heterocycles. The van der Waals surface area contributed by atoms with E-state index in [1.54, 1.807) is 36.8 Å². The standard InChI is InChI=1S/C54H33Cl3N6/c55-52-22-16-37(31-61-52)49-19-13-34(28-58-49)43-7-1-4-10-46(43)40-25-41(47-11-5-2-8-44(47)35-14-20-50(59-29-35)38-17-23-53(56)62-32-38)27-42(26-40)48-12-6-3-9-45(48)36-15-21-51(60-30-36)39-18-24-54(57)63-33-39/h1-33H. The van der Waals surface area contributed by atoms with E-state index in [1.807, 2.05) is 55.0 Å². The van der Waals surface area contributed by atoms with Crippen molar-refractivity contribution in [1.82, 2.24) is 29.9 Å². The number of hydrogen-bond donors (Lipinski definition) is 0. The van der Waals surface area contributed by atoms with Crippen molar-refractivity contribution in [1.29, 1.82) is 0 Å². The van der Waals surface area contributed by atoms with Crippen LogP contribution in [0.5, 0.6) is 0 Å². The number of pyridine rings is 6. The third-order valence-electron chi connectivity index (χ3n) is 10.9. The summed E-state index contributed by atoms with van der Waals surface area (Å²) in [6, 6.07) is 55.8. The van der Waals surface area contributed by atoms with Gasteiger partial charge < -0.3 is 0 Å². The summed E-state index contributed by atoms with van der Waals surface area (Å²) in [7, 11) is 0. The number of benzene rings is 4. The zero-order valence-electron chi connectivity index (χ0n) is 33.4. The molecule has 0 aliphatic carbocycles. The maximum atomic E-state index is 6.07. The van der Waals surface area contributed by atoms with Crippen LogP contribution in [0.3, 0.4) is 0 Å². The lowest BCUT2D eigenvalue weighted by atomic mass is 9.86. The summed E-state index contributed by atoms with van der Waals surface area (Å²) >= 11 is 18.2. The van der Waals surface area contributed by atoms with Crippen LogP contribution < -0.4 is 0 Å². The number of hydrogen-bond acceptors (Lipinski definition) is 6. The zero-order valence-corrected chi connectivity index (χ0v) is 35.6. The van der Waals surface area contributed by atoms with Crippen molar-refractivity contribution in [3.63, 3.8) is 0 Å². The van der Waals surface area contributed by atoms with E-state index in [0.717, 1.165) is 101 Å². The average Bonchev–Trinajstić information content (AvgIpc) is 3.35. The molecule has 6 nitrogen and oxygen atoms in total. The van der Waals surface area contributed by atoms with Crippen molar-refractivity contribution < 1.29 is 0 Å². The number of nitrogens with zero attached hydrogens (tertiary/aromatic N) is 6. The van der Waals surface area contributed by atoms with Crippen LogP contribution in [0.15, 0.2) is 201 Å². The first-order valence-electron chi connectivity index (χ1n) is 20.1. The molecular weight excluding hydrogens is 839 g/mol. The van der Waals surface area contributed by atoms with Crippen LogP contribution in [0.4, 0.5) is 0 Å². The van der Waals surface area contributed by atoms with Crippen LogP contribution in [-0.2, 0) is 0 Å². The summed E-state index contributed by atoms with van der Waals surface area (Å²) < 4.78 is 0. The first-order valence-corrected chi connectivity index (χ1v) is 21.3. The van der Waals surface area contributed by atoms with Crippen LogP contribution >= 0.6 is 34.8 Å². The van der Waals surface area contributed by atoms with E-state index < -0.39 is 0 Å². The van der Waals surface area contributed by atoms with Crippen molar-refractivity contribution in [2.45, 2.75) is 0 Å². The third-order valence-corrected chi connectivity index (χ3v) is 11.6. The molecule has 0 atom stereocenters. The van der Waals surface area contributed by atoms with Gasteiger partial charge in [-0.3, -0.25) is 15.0 Å². The molecular formula is C54H33Cl3N6. The largest absolute Gasteiger partial charge is 0.256 e. The Bertz CT molecular complexity index is 2850. The lowest BCUT2D eigenvalue weighted by Gasteiger charge is -2.18. The second-order valence-corrected chi connectivity index (χ2v) is 16.0. The van der Waals surface area contributed by atoms with Gasteiger partial charge in [0.15, 0.2) is 0 Å². The fraction of sp³-hybridized carbons (Fsp3) is 0. The van der Waals surface area contributed by atoms with E-state index in [2.05, 4.69) is 124 Å². The van der Waals surface area contributed by atoms with Crippen LogP contribution in [0.25, 0.3) is 101 Å². The van der Waals surface area contributed by atoms with Crippen LogP contribution in [0, 0.1) is 0 Å². The van der Waals surface area contributed by atoms with Crippen molar-refractivity contribution in [2.75, 3.05) is 0 Å². The smallest absolute Gasteiger partial charge is 0.129 e. The highest BCUT2D eigenvalue weighted by Crippen LogP contribution is 2.42. The van der Waals surface area contributed by atoms with E-state index >= 15 is 0 Å². The summed E-state index contributed by atoms with van der Waals surface area (Å²) in [6.07, 6.45) is 11.0. The molecule has 0 aliphatic rings. The highest BCUT2D eigenvalue weighted by molar-refractivity contribution is 6.30. The molecule has 63 heavy (non-hydrogen) atoms. The van der Waals surface area contributed by atoms with Crippen molar-refractivity contribution >= 4 is 34.8 Å². The molecule has 10 aromatic rings. The topological polar surface area (TPSA) is 77.3 Å². The molecule has 0 radical (unpaired) electrons. The molecule has 0 fully saturated rings. The number of halogens is 3. The first-order chi connectivity index (χ1) is 30.9. The van der Waals surface area contributed by atoms with E-state index in [4.69, 9.17) is 49.8 Å². The SMILES string of the molecule is Clc1ccc(-c2ccc(-c3ccccc3-c3cc(-c4ccccc4-c4ccc(-c5ccc(Cl)nc5)nc4)cc(-c4ccccc4-c4ccc(-c5ccc(Cl)nc5)nc4)c3)cn2)cn1. The normalized spacial score (nSPS) is 11.1. The monoisotopic (exact) mass is 870 g/mol. The molecule has 4 aromatic carbocycles. The van der Waals surface area contributed by atoms with Crippen molar-refractivity contribution in [3.8, 4) is 101 Å². The van der Waals surface area contributed by atoms with Gasteiger partial charge in [0.2, 0.25) is 0 Å². The predicted octanol–water partition coefficient (Wildman–Crippen LogP) is 15.0. The van der Waals surface area contributed by atoms with Crippen LogP contribution in [0.2, 0.25) is 15.5 Å². The molecule has 0 aliphatic heterocycles. The molecule has 6 heterocycles.